The van der Waals surface area contributed by atoms with E-state index in [0.717, 1.165) is 0 Å². The van der Waals surface area contributed by atoms with E-state index in [-0.39, 0.29) is 44.1 Å². The molecular formula is C42H69O23+. The number of hydrogen-bond donors (Lipinski definition) is 14. The van der Waals surface area contributed by atoms with Crippen molar-refractivity contribution in [1.29, 1.82) is 0 Å². The highest BCUT2D eigenvalue weighted by atomic mass is 16.7. The van der Waals surface area contributed by atoms with Gasteiger partial charge in [0.2, 0.25) is 0 Å². The number of esters is 1. The van der Waals surface area contributed by atoms with Gasteiger partial charge in [0.1, 0.15) is 86.0 Å². The van der Waals surface area contributed by atoms with Crippen LogP contribution in [0, 0.1) is 17.8 Å². The van der Waals surface area contributed by atoms with Crippen LogP contribution in [0.2, 0.25) is 0 Å². The van der Waals surface area contributed by atoms with E-state index < -0.39 is 172 Å². The fourth-order valence-electron chi connectivity index (χ4n) is 10.4. The van der Waals surface area contributed by atoms with Gasteiger partial charge in [-0.05, 0) is 57.8 Å². The van der Waals surface area contributed by atoms with Gasteiger partial charge in [-0.1, -0.05) is 6.08 Å². The summed E-state index contributed by atoms with van der Waals surface area (Å²) in [4.78, 5) is 12.6. The van der Waals surface area contributed by atoms with Crippen molar-refractivity contribution < 1.29 is 114 Å². The molecule has 4 saturated heterocycles. The second-order valence-electron chi connectivity index (χ2n) is 19.0. The van der Waals surface area contributed by atoms with Crippen molar-refractivity contribution in [3.05, 3.63) is 12.2 Å². The standard InChI is InChI=1S/C42H68O23/c1-15-29(48)33(52)36(55)40(60-15)59-14-27-32(51)35(54)38(57)42(65-27)63-25-12-20-23(61-39(25)17-8-21(45)30(49)22(46)9-17)10-19(44)11-24(20)62-41-37(56)34(53)31(50)26(64-41)13-58-28(47)7-4-16-2-5-18(43)6-3-16/h4,7,15-27,29-46,48-57H,2-3,5-6,8-14H2,1H3/p+1/t15-,16?,17?,18?,19?,20?,21?,22?,23?,24?,25?,26+,27+,29-,30?,31+,32+,33+,34-,35-,36+,37+,38+,39?,40+,41+,42+/m0/s1. The summed E-state index contributed by atoms with van der Waals surface area (Å²) in [7, 11) is 0. The molecule has 15 N–H and O–H groups in total. The molecule has 0 spiro atoms. The van der Waals surface area contributed by atoms with Gasteiger partial charge in [0, 0.05) is 24.8 Å². The molecule has 4 aliphatic heterocycles. The van der Waals surface area contributed by atoms with Crippen molar-refractivity contribution in [1.82, 2.24) is 0 Å². The quantitative estimate of drug-likeness (QED) is 0.0492. The summed E-state index contributed by atoms with van der Waals surface area (Å²) >= 11 is 0. The molecule has 7 rings (SSSR count). The van der Waals surface area contributed by atoms with Gasteiger partial charge in [-0.2, -0.15) is 0 Å². The van der Waals surface area contributed by atoms with Gasteiger partial charge in [-0.3, -0.25) is 0 Å². The smallest absolute Gasteiger partial charge is 0.330 e. The van der Waals surface area contributed by atoms with E-state index in [1.165, 1.54) is 13.0 Å². The molecule has 23 atom stereocenters. The fraction of sp³-hybridized carbons (Fsp3) is 0.929. The number of hydrogen-bond acceptors (Lipinski definition) is 22. The van der Waals surface area contributed by atoms with Crippen molar-refractivity contribution in [2.75, 3.05) is 13.2 Å². The number of aliphatic hydroxyl groups excluding tert-OH is 14. The van der Waals surface area contributed by atoms with Crippen LogP contribution in [0.1, 0.15) is 64.7 Å². The average Bonchev–Trinajstić information content (AvgIpc) is 3.27. The largest absolute Gasteiger partial charge is 0.460 e. The first-order chi connectivity index (χ1) is 30.8. The van der Waals surface area contributed by atoms with E-state index in [1.807, 2.05) is 0 Å². The molecule has 23 nitrogen and oxygen atoms in total. The maximum atomic E-state index is 12.6. The molecule has 0 bridgehead atoms. The summed E-state index contributed by atoms with van der Waals surface area (Å²) in [6.07, 6.45) is -27.5. The Bertz CT molecular complexity index is 1540. The molecule has 0 aromatic heterocycles. The van der Waals surface area contributed by atoms with Crippen molar-refractivity contribution in [3.63, 3.8) is 0 Å². The molecule has 374 valence electrons. The van der Waals surface area contributed by atoms with Crippen LogP contribution in [0.15, 0.2) is 12.2 Å². The van der Waals surface area contributed by atoms with Crippen LogP contribution in [-0.2, 0) is 38.0 Å². The Hall–Kier alpha value is -1.63. The van der Waals surface area contributed by atoms with Crippen LogP contribution in [0.25, 0.3) is 0 Å². The number of fused-ring (bicyclic) bond motifs is 1. The van der Waals surface area contributed by atoms with E-state index in [4.69, 9.17) is 37.9 Å². The third-order valence-electron chi connectivity index (χ3n) is 14.4. The minimum absolute atomic E-state index is 0.0232. The number of rotatable bonds is 12. The predicted molar refractivity (Wildman–Crippen MR) is 213 cm³/mol. The fourth-order valence-corrected chi connectivity index (χ4v) is 10.4. The van der Waals surface area contributed by atoms with Gasteiger partial charge in [0.15, 0.2) is 31.1 Å². The third-order valence-corrected chi connectivity index (χ3v) is 14.4. The highest BCUT2D eigenvalue weighted by molar-refractivity contribution is 5.81. The molecule has 0 radical (unpaired) electrons. The summed E-state index contributed by atoms with van der Waals surface area (Å²) in [5.74, 6) is -1.93. The predicted octanol–water partition coefficient (Wildman–Crippen LogP) is -6.20. The zero-order valence-corrected chi connectivity index (χ0v) is 36.0. The van der Waals surface area contributed by atoms with Crippen LogP contribution in [0.3, 0.4) is 0 Å². The summed E-state index contributed by atoms with van der Waals surface area (Å²) in [6, 6.07) is 0. The molecular weight excluding hydrogens is 872 g/mol. The van der Waals surface area contributed by atoms with Gasteiger partial charge >= 0.3 is 5.97 Å². The molecule has 0 amide bonds. The topological polar surface area (TPSA) is 378 Å². The van der Waals surface area contributed by atoms with Gasteiger partial charge in [-0.15, -0.1) is 0 Å². The van der Waals surface area contributed by atoms with Crippen molar-refractivity contribution in [3.8, 4) is 0 Å². The maximum Gasteiger partial charge on any atom is 0.330 e. The summed E-state index contributed by atoms with van der Waals surface area (Å²) in [5, 5.41) is 149. The third kappa shape index (κ3) is 11.7. The van der Waals surface area contributed by atoms with E-state index in [2.05, 4.69) is 0 Å². The number of allylic oxidation sites excluding steroid dienone is 1. The average molecular weight is 942 g/mol. The lowest BCUT2D eigenvalue weighted by atomic mass is 9.72. The van der Waals surface area contributed by atoms with Gasteiger partial charge in [-0.25, -0.2) is 4.79 Å². The van der Waals surface area contributed by atoms with Gasteiger partial charge in [0.25, 0.3) is 0 Å². The molecule has 8 unspecified atom stereocenters. The van der Waals surface area contributed by atoms with Crippen LogP contribution >= 0.6 is 0 Å². The Labute approximate surface area is 374 Å². The molecule has 0 aromatic rings. The summed E-state index contributed by atoms with van der Waals surface area (Å²) in [6.45, 7) is 0.355. The van der Waals surface area contributed by atoms with Crippen molar-refractivity contribution >= 4 is 5.97 Å². The molecule has 23 heteroatoms. The summed E-state index contributed by atoms with van der Waals surface area (Å²) in [5.41, 5.74) is 0. The Kier molecular flexibility index (Phi) is 17.3. The highest BCUT2D eigenvalue weighted by Gasteiger charge is 2.57. The van der Waals surface area contributed by atoms with Gasteiger partial charge < -0.3 is 109 Å². The molecule has 3 saturated carbocycles. The van der Waals surface area contributed by atoms with Crippen LogP contribution in [0.4, 0.5) is 0 Å². The highest BCUT2D eigenvalue weighted by Crippen LogP contribution is 2.44. The van der Waals surface area contributed by atoms with E-state index in [0.29, 0.717) is 25.7 Å². The minimum Gasteiger partial charge on any atom is -0.460 e. The summed E-state index contributed by atoms with van der Waals surface area (Å²) < 4.78 is 46.0. The minimum atomic E-state index is -1.87. The van der Waals surface area contributed by atoms with E-state index in [9.17, 15) is 76.3 Å². The second-order valence-corrected chi connectivity index (χ2v) is 19.0. The lowest BCUT2D eigenvalue weighted by Crippen LogP contribution is -2.64. The van der Waals surface area contributed by atoms with Gasteiger partial charge in [0.05, 0.1) is 49.1 Å². The zero-order chi connectivity index (χ0) is 47.0. The first kappa shape index (κ1) is 51.2. The molecule has 0 aromatic carbocycles. The van der Waals surface area contributed by atoms with Crippen LogP contribution in [0.5, 0.6) is 0 Å². The Morgan fingerprint density at radius 1 is 0.569 bits per heavy atom. The van der Waals surface area contributed by atoms with Crippen LogP contribution in [-0.4, -0.2) is 242 Å². The Morgan fingerprint density at radius 2 is 1.12 bits per heavy atom. The molecule has 3 aliphatic carbocycles. The molecule has 7 fully saturated rings. The first-order valence-corrected chi connectivity index (χ1v) is 22.8. The number of ether oxygens (including phenoxy) is 8. The normalized spacial score (nSPS) is 52.2. The number of aliphatic hydroxyl groups is 16. The zero-order valence-electron chi connectivity index (χ0n) is 36.0. The molecule has 65 heavy (non-hydrogen) atoms. The monoisotopic (exact) mass is 941 g/mol. The number of carbonyl (C=O) groups is 1. The SMILES string of the molecule is C[C@@H]1O[C@@H](OC[C@H]2O[C@@H](OC3CC4C(O[C@@H]5O[C@H](COC(=O)C=CC6CCC(O)CC6)[C@@H](O)[C@H](O)[C@H]5O)CC(O)CC4[OH+]C3C3CC(O)C(O)C(O)C3)[C@H](O)[C@@H](O)[C@@H]2O)[C@H](O)[C@H](O)[C@H]1O. The Balaban J connectivity index is 1.05. The van der Waals surface area contributed by atoms with Crippen LogP contribution < -0.4 is 0 Å². The second kappa shape index (κ2) is 22.0. The maximum absolute atomic E-state index is 12.6. The van der Waals surface area contributed by atoms with Crippen molar-refractivity contribution in [2.45, 2.75) is 212 Å². The van der Waals surface area contributed by atoms with E-state index in [1.54, 1.807) is 6.08 Å². The molecule has 7 aliphatic rings. The molecule has 4 heterocycles. The van der Waals surface area contributed by atoms with Crippen molar-refractivity contribution in [2.24, 2.45) is 17.8 Å². The lowest BCUT2D eigenvalue weighted by molar-refractivity contribution is -0.371. The first-order valence-electron chi connectivity index (χ1n) is 22.8. The number of carbonyl (C=O) groups excluding carboxylic acids is 1. The lowest BCUT2D eigenvalue weighted by Gasteiger charge is -2.50. The Morgan fingerprint density at radius 3 is 1.74 bits per heavy atom. The van der Waals surface area contributed by atoms with E-state index >= 15 is 0 Å².